The summed E-state index contributed by atoms with van der Waals surface area (Å²) in [6, 6.07) is 10.8. The number of anilines is 2. The van der Waals surface area contributed by atoms with Gasteiger partial charge in [-0.15, -0.1) is 11.3 Å². The zero-order chi connectivity index (χ0) is 13.8. The predicted molar refractivity (Wildman–Crippen MR) is 91.9 cm³/mol. The van der Waals surface area contributed by atoms with Crippen molar-refractivity contribution in [2.75, 3.05) is 23.3 Å². The molecule has 1 aliphatic heterocycles. The highest BCUT2D eigenvalue weighted by molar-refractivity contribution is 9.10. The Morgan fingerprint density at radius 3 is 2.65 bits per heavy atom. The molecule has 2 nitrogen and oxygen atoms in total. The van der Waals surface area contributed by atoms with E-state index >= 15 is 0 Å². The van der Waals surface area contributed by atoms with E-state index < -0.39 is 0 Å². The van der Waals surface area contributed by atoms with Gasteiger partial charge in [0.05, 0.1) is 17.9 Å². The van der Waals surface area contributed by atoms with Crippen molar-refractivity contribution in [3.8, 4) is 0 Å². The highest BCUT2D eigenvalue weighted by atomic mass is 79.9. The lowest BCUT2D eigenvalue weighted by Gasteiger charge is -2.30. The number of nitrogens with one attached hydrogen (secondary N) is 1. The number of nitrogens with zero attached hydrogens (tertiary/aromatic N) is 1. The van der Waals surface area contributed by atoms with Crippen LogP contribution in [0.15, 0.2) is 40.2 Å². The lowest BCUT2D eigenvalue weighted by Crippen LogP contribution is -2.30. The van der Waals surface area contributed by atoms with Gasteiger partial charge in [-0.05, 0) is 58.8 Å². The van der Waals surface area contributed by atoms with E-state index in [2.05, 4.69) is 61.9 Å². The molecule has 0 saturated carbocycles. The third-order valence-electron chi connectivity index (χ3n) is 3.73. The molecule has 2 heterocycles. The fourth-order valence-corrected chi connectivity index (χ4v) is 4.09. The fraction of sp³-hybridized carbons (Fsp3) is 0.375. The molecule has 20 heavy (non-hydrogen) atoms. The number of piperidine rings is 1. The van der Waals surface area contributed by atoms with E-state index in [9.17, 15) is 0 Å². The van der Waals surface area contributed by atoms with Gasteiger partial charge in [-0.2, -0.15) is 0 Å². The molecule has 0 atom stereocenters. The van der Waals surface area contributed by atoms with E-state index in [-0.39, 0.29) is 0 Å². The van der Waals surface area contributed by atoms with Crippen molar-refractivity contribution >= 4 is 38.6 Å². The van der Waals surface area contributed by atoms with Crippen LogP contribution in [0.4, 0.5) is 11.4 Å². The van der Waals surface area contributed by atoms with Crippen LogP contribution in [0.2, 0.25) is 0 Å². The first kappa shape index (κ1) is 14.0. The molecule has 2 aromatic rings. The molecule has 0 bridgehead atoms. The van der Waals surface area contributed by atoms with E-state index in [1.807, 2.05) is 0 Å². The standard InChI is InChI=1S/C16H19BrN2S/c17-13-8-11-20-16(13)12-18-14-6-2-3-7-15(14)19-9-4-1-5-10-19/h2-3,6-8,11,18H,1,4-5,9-10,12H2. The van der Waals surface area contributed by atoms with Gasteiger partial charge in [0.15, 0.2) is 0 Å². The molecule has 3 rings (SSSR count). The largest absolute Gasteiger partial charge is 0.378 e. The lowest BCUT2D eigenvalue weighted by atomic mass is 10.1. The van der Waals surface area contributed by atoms with Crippen LogP contribution >= 0.6 is 27.3 Å². The SMILES string of the molecule is Brc1ccsc1CNc1ccccc1N1CCCCC1. The van der Waals surface area contributed by atoms with E-state index in [0.29, 0.717) is 0 Å². The maximum absolute atomic E-state index is 3.59. The summed E-state index contributed by atoms with van der Waals surface area (Å²) < 4.78 is 1.20. The molecule has 106 valence electrons. The van der Waals surface area contributed by atoms with Gasteiger partial charge in [-0.3, -0.25) is 0 Å². The quantitative estimate of drug-likeness (QED) is 0.823. The average molecular weight is 351 g/mol. The number of hydrogen-bond donors (Lipinski definition) is 1. The summed E-state index contributed by atoms with van der Waals surface area (Å²) in [6.45, 7) is 3.24. The van der Waals surface area contributed by atoms with E-state index in [0.717, 1.165) is 6.54 Å². The molecule has 0 unspecified atom stereocenters. The zero-order valence-electron chi connectivity index (χ0n) is 11.4. The first-order valence-corrected chi connectivity index (χ1v) is 8.81. The van der Waals surface area contributed by atoms with Gasteiger partial charge >= 0.3 is 0 Å². The Labute approximate surface area is 132 Å². The second-order valence-corrected chi connectivity index (χ2v) is 6.97. The first-order chi connectivity index (χ1) is 9.84. The van der Waals surface area contributed by atoms with Gasteiger partial charge in [0.25, 0.3) is 0 Å². The molecule has 1 saturated heterocycles. The fourth-order valence-electron chi connectivity index (χ4n) is 2.66. The van der Waals surface area contributed by atoms with Crippen LogP contribution < -0.4 is 10.2 Å². The Morgan fingerprint density at radius 2 is 1.90 bits per heavy atom. The molecule has 0 radical (unpaired) electrons. The zero-order valence-corrected chi connectivity index (χ0v) is 13.8. The van der Waals surface area contributed by atoms with E-state index in [4.69, 9.17) is 0 Å². The Balaban J connectivity index is 1.74. The van der Waals surface area contributed by atoms with Crippen molar-refractivity contribution < 1.29 is 0 Å². The van der Waals surface area contributed by atoms with E-state index in [1.165, 1.54) is 53.1 Å². The summed E-state index contributed by atoms with van der Waals surface area (Å²) in [5, 5.41) is 5.72. The molecule has 0 aliphatic carbocycles. The maximum Gasteiger partial charge on any atom is 0.0602 e. The number of benzene rings is 1. The molecule has 1 aromatic carbocycles. The summed E-state index contributed by atoms with van der Waals surface area (Å²) in [5.41, 5.74) is 2.59. The predicted octanol–water partition coefficient (Wildman–Crippen LogP) is 5.11. The van der Waals surface area contributed by atoms with Gasteiger partial charge in [-0.1, -0.05) is 12.1 Å². The first-order valence-electron chi connectivity index (χ1n) is 7.14. The minimum Gasteiger partial charge on any atom is -0.378 e. The lowest BCUT2D eigenvalue weighted by molar-refractivity contribution is 0.578. The minimum atomic E-state index is 0.878. The van der Waals surface area contributed by atoms with Crippen molar-refractivity contribution in [1.82, 2.24) is 0 Å². The normalized spacial score (nSPS) is 15.3. The van der Waals surface area contributed by atoms with Crippen LogP contribution in [-0.4, -0.2) is 13.1 Å². The highest BCUT2D eigenvalue weighted by Crippen LogP contribution is 2.30. The average Bonchev–Trinajstić information content (AvgIpc) is 2.92. The number of thiophene rings is 1. The van der Waals surface area contributed by atoms with Crippen molar-refractivity contribution in [2.24, 2.45) is 0 Å². The molecule has 1 fully saturated rings. The van der Waals surface area contributed by atoms with Gasteiger partial charge < -0.3 is 10.2 Å². The molecule has 0 amide bonds. The molecule has 1 aromatic heterocycles. The smallest absolute Gasteiger partial charge is 0.0602 e. The topological polar surface area (TPSA) is 15.3 Å². The second kappa shape index (κ2) is 6.64. The van der Waals surface area contributed by atoms with Gasteiger partial charge in [0.1, 0.15) is 0 Å². The third-order valence-corrected chi connectivity index (χ3v) is 5.66. The summed E-state index contributed by atoms with van der Waals surface area (Å²) in [4.78, 5) is 3.86. The van der Waals surface area contributed by atoms with Gasteiger partial charge in [0.2, 0.25) is 0 Å². The minimum absolute atomic E-state index is 0.878. The van der Waals surface area contributed by atoms with Crippen molar-refractivity contribution in [3.05, 3.63) is 45.1 Å². The summed E-state index contributed by atoms with van der Waals surface area (Å²) >= 11 is 5.38. The maximum atomic E-state index is 3.59. The van der Waals surface area contributed by atoms with Crippen LogP contribution in [0.25, 0.3) is 0 Å². The van der Waals surface area contributed by atoms with Crippen LogP contribution in [0.3, 0.4) is 0 Å². The molecular weight excluding hydrogens is 332 g/mol. The Kier molecular flexibility index (Phi) is 4.63. The molecule has 0 spiro atoms. The Bertz CT molecular complexity index is 561. The van der Waals surface area contributed by atoms with Crippen LogP contribution in [0.5, 0.6) is 0 Å². The van der Waals surface area contributed by atoms with Gasteiger partial charge in [0, 0.05) is 22.4 Å². The Morgan fingerprint density at radius 1 is 1.10 bits per heavy atom. The van der Waals surface area contributed by atoms with Crippen LogP contribution in [0.1, 0.15) is 24.1 Å². The van der Waals surface area contributed by atoms with Crippen molar-refractivity contribution in [2.45, 2.75) is 25.8 Å². The monoisotopic (exact) mass is 350 g/mol. The van der Waals surface area contributed by atoms with Gasteiger partial charge in [-0.25, -0.2) is 0 Å². The second-order valence-electron chi connectivity index (χ2n) is 5.11. The molecule has 1 aliphatic rings. The molecule has 4 heteroatoms. The van der Waals surface area contributed by atoms with E-state index in [1.54, 1.807) is 11.3 Å². The third kappa shape index (κ3) is 3.18. The van der Waals surface area contributed by atoms with Crippen molar-refractivity contribution in [3.63, 3.8) is 0 Å². The Hall–Kier alpha value is -1.00. The number of halogens is 1. The van der Waals surface area contributed by atoms with Crippen molar-refractivity contribution in [1.29, 1.82) is 0 Å². The molecular formula is C16H19BrN2S. The summed E-state index contributed by atoms with van der Waals surface area (Å²) in [7, 11) is 0. The number of para-hydroxylation sites is 2. The highest BCUT2D eigenvalue weighted by Gasteiger charge is 2.14. The summed E-state index contributed by atoms with van der Waals surface area (Å²) in [6.07, 6.45) is 3.99. The molecule has 1 N–H and O–H groups in total. The number of hydrogen-bond acceptors (Lipinski definition) is 3. The number of rotatable bonds is 4. The van der Waals surface area contributed by atoms with Crippen LogP contribution in [-0.2, 0) is 6.54 Å². The van der Waals surface area contributed by atoms with Crippen LogP contribution in [0, 0.1) is 0 Å². The summed E-state index contributed by atoms with van der Waals surface area (Å²) in [5.74, 6) is 0.